The maximum absolute atomic E-state index is 12.9. The topological polar surface area (TPSA) is 61.8 Å². The van der Waals surface area contributed by atoms with Crippen molar-refractivity contribution in [1.82, 2.24) is 0 Å². The monoisotopic (exact) mass is 314 g/mol. The number of benzene rings is 2. The first kappa shape index (κ1) is 16.5. The summed E-state index contributed by atoms with van der Waals surface area (Å²) in [6.45, 7) is 0. The average Bonchev–Trinajstić information content (AvgIpc) is 2.61. The highest BCUT2D eigenvalue weighted by molar-refractivity contribution is 6.14. The van der Waals surface area contributed by atoms with Crippen molar-refractivity contribution < 1.29 is 23.8 Å². The number of ether oxygens (including phenoxy) is 3. The summed E-state index contributed by atoms with van der Waals surface area (Å²) in [5.41, 5.74) is 0.870. The van der Waals surface area contributed by atoms with Gasteiger partial charge in [0.1, 0.15) is 17.4 Å². The van der Waals surface area contributed by atoms with Crippen molar-refractivity contribution in [3.05, 3.63) is 59.7 Å². The van der Waals surface area contributed by atoms with Crippen LogP contribution in [0.4, 0.5) is 0 Å². The van der Waals surface area contributed by atoms with E-state index in [1.54, 1.807) is 42.5 Å². The van der Waals surface area contributed by atoms with Gasteiger partial charge in [0.05, 0.1) is 26.9 Å². The molecule has 0 heterocycles. The highest BCUT2D eigenvalue weighted by Gasteiger charge is 2.32. The lowest BCUT2D eigenvalue weighted by atomic mass is 9.90. The molecule has 0 radical (unpaired) electrons. The van der Waals surface area contributed by atoms with Crippen LogP contribution in [0.2, 0.25) is 0 Å². The summed E-state index contributed by atoms with van der Waals surface area (Å²) in [4.78, 5) is 25.0. The molecule has 0 aromatic heterocycles. The largest absolute Gasteiger partial charge is 0.497 e. The van der Waals surface area contributed by atoms with E-state index < -0.39 is 11.9 Å². The van der Waals surface area contributed by atoms with Crippen LogP contribution in [-0.2, 0) is 9.53 Å². The molecule has 2 rings (SSSR count). The lowest BCUT2D eigenvalue weighted by molar-refractivity contribution is -0.141. The predicted molar refractivity (Wildman–Crippen MR) is 85.1 cm³/mol. The van der Waals surface area contributed by atoms with E-state index in [-0.39, 0.29) is 5.78 Å². The molecule has 0 aliphatic heterocycles. The van der Waals surface area contributed by atoms with Gasteiger partial charge in [0, 0.05) is 6.07 Å². The van der Waals surface area contributed by atoms with Crippen molar-refractivity contribution >= 4 is 11.8 Å². The van der Waals surface area contributed by atoms with Crippen molar-refractivity contribution in [2.45, 2.75) is 5.92 Å². The van der Waals surface area contributed by atoms with Gasteiger partial charge in [-0.25, -0.2) is 0 Å². The molecule has 5 nitrogen and oxygen atoms in total. The molecule has 5 heteroatoms. The molecule has 23 heavy (non-hydrogen) atoms. The second-order valence-corrected chi connectivity index (χ2v) is 4.80. The molecule has 0 aliphatic carbocycles. The molecule has 1 atom stereocenters. The van der Waals surface area contributed by atoms with Gasteiger partial charge in [-0.3, -0.25) is 9.59 Å². The quantitative estimate of drug-likeness (QED) is 0.466. The van der Waals surface area contributed by atoms with Crippen LogP contribution < -0.4 is 9.47 Å². The van der Waals surface area contributed by atoms with Crippen molar-refractivity contribution in [2.75, 3.05) is 21.3 Å². The summed E-state index contributed by atoms with van der Waals surface area (Å²) in [6.07, 6.45) is 0. The zero-order valence-corrected chi connectivity index (χ0v) is 13.2. The van der Waals surface area contributed by atoms with Crippen LogP contribution in [0.25, 0.3) is 0 Å². The van der Waals surface area contributed by atoms with Crippen LogP contribution >= 0.6 is 0 Å². The number of carbonyl (C=O) groups excluding carboxylic acids is 2. The average molecular weight is 314 g/mol. The first-order chi connectivity index (χ1) is 11.1. The SMILES string of the molecule is COC(=O)C(C(=O)c1ccc(OC)cc1OC)c1ccccc1. The summed E-state index contributed by atoms with van der Waals surface area (Å²) in [5.74, 6) is -1.13. The maximum atomic E-state index is 12.9. The fourth-order valence-electron chi connectivity index (χ4n) is 2.32. The standard InChI is InChI=1S/C18H18O5/c1-21-13-9-10-14(15(11-13)22-2)17(19)16(18(20)23-3)12-7-5-4-6-8-12/h4-11,16H,1-3H3. The molecule has 120 valence electrons. The van der Waals surface area contributed by atoms with Crippen molar-refractivity contribution in [1.29, 1.82) is 0 Å². The van der Waals surface area contributed by atoms with Gasteiger partial charge < -0.3 is 14.2 Å². The summed E-state index contributed by atoms with van der Waals surface area (Å²) in [5, 5.41) is 0. The van der Waals surface area contributed by atoms with E-state index >= 15 is 0 Å². The number of rotatable bonds is 6. The third-order valence-corrected chi connectivity index (χ3v) is 3.51. The molecule has 2 aromatic carbocycles. The molecule has 0 N–H and O–H groups in total. The number of hydrogen-bond donors (Lipinski definition) is 0. The van der Waals surface area contributed by atoms with Crippen LogP contribution in [0.15, 0.2) is 48.5 Å². The fraction of sp³-hybridized carbons (Fsp3) is 0.222. The molecule has 0 amide bonds. The van der Waals surface area contributed by atoms with Crippen LogP contribution in [0.1, 0.15) is 21.8 Å². The molecule has 2 aromatic rings. The smallest absolute Gasteiger partial charge is 0.321 e. The molecule has 0 fully saturated rings. The van der Waals surface area contributed by atoms with E-state index in [1.165, 1.54) is 21.3 Å². The van der Waals surface area contributed by atoms with Gasteiger partial charge >= 0.3 is 5.97 Å². The Bertz CT molecular complexity index is 694. The van der Waals surface area contributed by atoms with Gasteiger partial charge in [0.15, 0.2) is 5.78 Å². The molecule has 0 aliphatic rings. The Morgan fingerprint density at radius 3 is 2.17 bits per heavy atom. The summed E-state index contributed by atoms with van der Waals surface area (Å²) in [7, 11) is 4.25. The minimum Gasteiger partial charge on any atom is -0.497 e. The second kappa shape index (κ2) is 7.45. The molecule has 0 saturated carbocycles. The predicted octanol–water partition coefficient (Wildman–Crippen LogP) is 2.84. The van der Waals surface area contributed by atoms with Crippen LogP contribution in [0.5, 0.6) is 11.5 Å². The maximum Gasteiger partial charge on any atom is 0.321 e. The first-order valence-corrected chi connectivity index (χ1v) is 7.01. The number of ketones is 1. The van der Waals surface area contributed by atoms with Gasteiger partial charge in [-0.1, -0.05) is 30.3 Å². The number of carbonyl (C=O) groups is 2. The minimum atomic E-state index is -1.04. The van der Waals surface area contributed by atoms with Gasteiger partial charge in [0.2, 0.25) is 0 Å². The lowest BCUT2D eigenvalue weighted by Gasteiger charge is -2.16. The van der Waals surface area contributed by atoms with Gasteiger partial charge in [0.25, 0.3) is 0 Å². The van der Waals surface area contributed by atoms with E-state index in [2.05, 4.69) is 0 Å². The van der Waals surface area contributed by atoms with Crippen LogP contribution in [0, 0.1) is 0 Å². The van der Waals surface area contributed by atoms with Gasteiger partial charge in [-0.05, 0) is 17.7 Å². The fourth-order valence-corrected chi connectivity index (χ4v) is 2.32. The van der Waals surface area contributed by atoms with Crippen LogP contribution in [0.3, 0.4) is 0 Å². The third kappa shape index (κ3) is 3.51. The molecule has 0 spiro atoms. The number of hydrogen-bond acceptors (Lipinski definition) is 5. The summed E-state index contributed by atoms with van der Waals surface area (Å²) < 4.78 is 15.2. The molecule has 0 saturated heterocycles. The van der Waals surface area contributed by atoms with Gasteiger partial charge in [-0.2, -0.15) is 0 Å². The second-order valence-electron chi connectivity index (χ2n) is 4.80. The Balaban J connectivity index is 2.48. The Kier molecular flexibility index (Phi) is 5.36. The van der Waals surface area contributed by atoms with Crippen molar-refractivity contribution in [3.63, 3.8) is 0 Å². The van der Waals surface area contributed by atoms with Crippen molar-refractivity contribution in [2.24, 2.45) is 0 Å². The first-order valence-electron chi connectivity index (χ1n) is 7.01. The zero-order chi connectivity index (χ0) is 16.8. The Labute approximate surface area is 134 Å². The summed E-state index contributed by atoms with van der Waals surface area (Å²) in [6, 6.07) is 13.6. The van der Waals surface area contributed by atoms with Gasteiger partial charge in [-0.15, -0.1) is 0 Å². The lowest BCUT2D eigenvalue weighted by Crippen LogP contribution is -2.24. The number of Topliss-reactive ketones (excluding diaryl/α,β-unsaturated/α-hetero) is 1. The molecular formula is C18H18O5. The zero-order valence-electron chi connectivity index (χ0n) is 13.2. The van der Waals surface area contributed by atoms with E-state index in [0.29, 0.717) is 22.6 Å². The molecule has 0 bridgehead atoms. The van der Waals surface area contributed by atoms with E-state index in [4.69, 9.17) is 14.2 Å². The normalized spacial score (nSPS) is 11.4. The number of esters is 1. The van der Waals surface area contributed by atoms with E-state index in [9.17, 15) is 9.59 Å². The Hall–Kier alpha value is -2.82. The van der Waals surface area contributed by atoms with Crippen molar-refractivity contribution in [3.8, 4) is 11.5 Å². The molecule has 1 unspecified atom stereocenters. The highest BCUT2D eigenvalue weighted by Crippen LogP contribution is 2.30. The third-order valence-electron chi connectivity index (χ3n) is 3.51. The highest BCUT2D eigenvalue weighted by atomic mass is 16.5. The van der Waals surface area contributed by atoms with Crippen LogP contribution in [-0.4, -0.2) is 33.1 Å². The van der Waals surface area contributed by atoms with E-state index in [0.717, 1.165) is 0 Å². The van der Waals surface area contributed by atoms with E-state index in [1.807, 2.05) is 6.07 Å². The Morgan fingerprint density at radius 1 is 0.913 bits per heavy atom. The minimum absolute atomic E-state index is 0.299. The summed E-state index contributed by atoms with van der Waals surface area (Å²) >= 11 is 0. The number of methoxy groups -OCH3 is 3. The Morgan fingerprint density at radius 2 is 1.61 bits per heavy atom. The molecular weight excluding hydrogens is 296 g/mol.